The summed E-state index contributed by atoms with van der Waals surface area (Å²) < 4.78 is 1.88. The Balaban J connectivity index is 2.29. The number of benzene rings is 1. The highest BCUT2D eigenvalue weighted by Gasteiger charge is 2.19. The molecule has 0 bridgehead atoms. The van der Waals surface area contributed by atoms with E-state index in [9.17, 15) is 4.79 Å². The molecule has 0 unspecified atom stereocenters. The Bertz CT molecular complexity index is 610. The Labute approximate surface area is 132 Å². The van der Waals surface area contributed by atoms with Crippen molar-refractivity contribution in [3.8, 4) is 0 Å². The lowest BCUT2D eigenvalue weighted by Crippen LogP contribution is -2.11. The maximum atomic E-state index is 11.2. The van der Waals surface area contributed by atoms with Crippen LogP contribution in [0.15, 0.2) is 24.3 Å². The van der Waals surface area contributed by atoms with Gasteiger partial charge in [0.15, 0.2) is 6.29 Å². The van der Waals surface area contributed by atoms with Gasteiger partial charge in [0.1, 0.15) is 5.69 Å². The summed E-state index contributed by atoms with van der Waals surface area (Å²) in [7, 11) is 0. The van der Waals surface area contributed by atoms with Crippen molar-refractivity contribution in [2.75, 3.05) is 0 Å². The van der Waals surface area contributed by atoms with Crippen molar-refractivity contribution in [3.05, 3.63) is 46.8 Å². The molecule has 0 radical (unpaired) electrons. The smallest absolute Gasteiger partial charge is 0.172 e. The van der Waals surface area contributed by atoms with Crippen LogP contribution in [-0.2, 0) is 6.54 Å². The van der Waals surface area contributed by atoms with Crippen molar-refractivity contribution in [1.29, 1.82) is 0 Å². The van der Waals surface area contributed by atoms with Crippen LogP contribution in [0.5, 0.6) is 0 Å². The highest BCUT2D eigenvalue weighted by atomic mass is 16.1. The van der Waals surface area contributed by atoms with Crippen LogP contribution >= 0.6 is 0 Å². The summed E-state index contributed by atoms with van der Waals surface area (Å²) in [5, 5.41) is 8.23. The number of carbonyl (C=O) groups excluding carboxylic acids is 1. The fourth-order valence-electron chi connectivity index (χ4n) is 2.81. The number of rotatable bonds is 7. The van der Waals surface area contributed by atoms with Crippen molar-refractivity contribution in [3.63, 3.8) is 0 Å². The molecule has 0 fully saturated rings. The predicted octanol–water partition coefficient (Wildman–Crippen LogP) is 4.17. The topological polar surface area (TPSA) is 47.8 Å². The quantitative estimate of drug-likeness (QED) is 0.721. The van der Waals surface area contributed by atoms with Crippen molar-refractivity contribution in [1.82, 2.24) is 15.0 Å². The summed E-state index contributed by atoms with van der Waals surface area (Å²) in [5.74, 6) is 0.854. The van der Waals surface area contributed by atoms with E-state index < -0.39 is 0 Å². The van der Waals surface area contributed by atoms with E-state index in [1.165, 1.54) is 11.1 Å². The van der Waals surface area contributed by atoms with Gasteiger partial charge in [0, 0.05) is 5.92 Å². The highest BCUT2D eigenvalue weighted by molar-refractivity contribution is 5.73. The van der Waals surface area contributed by atoms with E-state index in [0.717, 1.165) is 24.8 Å². The molecule has 0 atom stereocenters. The minimum absolute atomic E-state index is 0.324. The van der Waals surface area contributed by atoms with Crippen LogP contribution in [0.25, 0.3) is 0 Å². The van der Waals surface area contributed by atoms with Gasteiger partial charge in [-0.3, -0.25) is 4.79 Å². The molecular weight excluding hydrogens is 274 g/mol. The van der Waals surface area contributed by atoms with Crippen molar-refractivity contribution >= 4 is 6.29 Å². The average molecular weight is 299 g/mol. The van der Waals surface area contributed by atoms with Gasteiger partial charge in [-0.05, 0) is 29.9 Å². The van der Waals surface area contributed by atoms with Crippen LogP contribution in [0.4, 0.5) is 0 Å². The van der Waals surface area contributed by atoms with E-state index >= 15 is 0 Å². The average Bonchev–Trinajstić information content (AvgIpc) is 2.92. The normalized spacial score (nSPS) is 11.4. The summed E-state index contributed by atoms with van der Waals surface area (Å²) >= 11 is 0. The van der Waals surface area contributed by atoms with Gasteiger partial charge < -0.3 is 0 Å². The van der Waals surface area contributed by atoms with Crippen LogP contribution in [0, 0.1) is 0 Å². The number of carbonyl (C=O) groups is 1. The minimum Gasteiger partial charge on any atom is -0.296 e. The maximum absolute atomic E-state index is 11.2. The molecule has 4 heteroatoms. The standard InChI is InChI=1S/C18H25N3O/c1-5-15(6-2)18-17(12-22)19-20-21(18)11-14-7-9-16(10-8-14)13(3)4/h7-10,12-13,15H,5-6,11H2,1-4H3. The van der Waals surface area contributed by atoms with Crippen LogP contribution in [0.1, 0.15) is 79.7 Å². The molecule has 1 heterocycles. The lowest BCUT2D eigenvalue weighted by atomic mass is 9.97. The summed E-state index contributed by atoms with van der Waals surface area (Å²) in [5.41, 5.74) is 3.95. The van der Waals surface area contributed by atoms with E-state index in [1.807, 2.05) is 4.68 Å². The van der Waals surface area contributed by atoms with Crippen LogP contribution in [-0.4, -0.2) is 21.3 Å². The van der Waals surface area contributed by atoms with Gasteiger partial charge >= 0.3 is 0 Å². The number of aldehydes is 1. The first-order valence-corrected chi connectivity index (χ1v) is 8.08. The lowest BCUT2D eigenvalue weighted by Gasteiger charge is -2.15. The lowest BCUT2D eigenvalue weighted by molar-refractivity contribution is 0.111. The molecule has 1 aromatic heterocycles. The number of nitrogens with zero attached hydrogens (tertiary/aromatic N) is 3. The zero-order chi connectivity index (χ0) is 16.1. The first-order valence-electron chi connectivity index (χ1n) is 8.08. The fourth-order valence-corrected chi connectivity index (χ4v) is 2.81. The second-order valence-corrected chi connectivity index (χ2v) is 6.05. The van der Waals surface area contributed by atoms with Crippen LogP contribution in [0.2, 0.25) is 0 Å². The van der Waals surface area contributed by atoms with E-state index in [-0.39, 0.29) is 0 Å². The number of aromatic nitrogens is 3. The second kappa shape index (κ2) is 7.34. The Morgan fingerprint density at radius 2 is 1.77 bits per heavy atom. The van der Waals surface area contributed by atoms with Crippen LogP contribution in [0.3, 0.4) is 0 Å². The van der Waals surface area contributed by atoms with Crippen molar-refractivity contribution in [2.45, 2.75) is 58.9 Å². The van der Waals surface area contributed by atoms with E-state index in [2.05, 4.69) is 62.3 Å². The van der Waals surface area contributed by atoms with Gasteiger partial charge in [0.2, 0.25) is 0 Å². The van der Waals surface area contributed by atoms with Gasteiger partial charge in [0.25, 0.3) is 0 Å². The highest BCUT2D eigenvalue weighted by Crippen LogP contribution is 2.25. The Hall–Kier alpha value is -1.97. The first kappa shape index (κ1) is 16.4. The SMILES string of the molecule is CCC(CC)c1c(C=O)nnn1Cc1ccc(C(C)C)cc1. The molecule has 0 saturated carbocycles. The summed E-state index contributed by atoms with van der Waals surface area (Å²) in [6.07, 6.45) is 2.78. The van der Waals surface area contributed by atoms with E-state index in [4.69, 9.17) is 0 Å². The zero-order valence-corrected chi connectivity index (χ0v) is 13.9. The Morgan fingerprint density at radius 1 is 1.14 bits per heavy atom. The fraction of sp³-hybridized carbons (Fsp3) is 0.500. The molecule has 1 aromatic carbocycles. The molecule has 0 aliphatic heterocycles. The third-order valence-electron chi connectivity index (χ3n) is 4.26. The molecule has 0 saturated heterocycles. The van der Waals surface area contributed by atoms with Gasteiger partial charge in [-0.15, -0.1) is 5.10 Å². The minimum atomic E-state index is 0.324. The first-order chi connectivity index (χ1) is 10.6. The van der Waals surface area contributed by atoms with Gasteiger partial charge in [-0.2, -0.15) is 0 Å². The molecule has 0 aliphatic rings. The zero-order valence-electron chi connectivity index (χ0n) is 13.9. The molecule has 0 N–H and O–H groups in total. The number of hydrogen-bond acceptors (Lipinski definition) is 3. The third kappa shape index (κ3) is 3.43. The largest absolute Gasteiger partial charge is 0.296 e. The molecule has 0 spiro atoms. The summed E-state index contributed by atoms with van der Waals surface area (Å²) in [4.78, 5) is 11.2. The summed E-state index contributed by atoms with van der Waals surface area (Å²) in [6.45, 7) is 9.31. The summed E-state index contributed by atoms with van der Waals surface area (Å²) in [6, 6.07) is 8.59. The third-order valence-corrected chi connectivity index (χ3v) is 4.26. The van der Waals surface area contributed by atoms with Crippen LogP contribution < -0.4 is 0 Å². The van der Waals surface area contributed by atoms with Crippen molar-refractivity contribution < 1.29 is 4.79 Å². The Kier molecular flexibility index (Phi) is 5.47. The molecule has 118 valence electrons. The Morgan fingerprint density at radius 3 is 2.27 bits per heavy atom. The van der Waals surface area contributed by atoms with Gasteiger partial charge in [-0.1, -0.05) is 57.2 Å². The second-order valence-electron chi connectivity index (χ2n) is 6.05. The molecule has 4 nitrogen and oxygen atoms in total. The van der Waals surface area contributed by atoms with Gasteiger partial charge in [-0.25, -0.2) is 4.68 Å². The van der Waals surface area contributed by atoms with E-state index in [0.29, 0.717) is 24.1 Å². The maximum Gasteiger partial charge on any atom is 0.172 e. The molecule has 0 aliphatic carbocycles. The van der Waals surface area contributed by atoms with Crippen molar-refractivity contribution in [2.24, 2.45) is 0 Å². The molecular formula is C18H25N3O. The predicted molar refractivity (Wildman–Crippen MR) is 88.4 cm³/mol. The van der Waals surface area contributed by atoms with Gasteiger partial charge in [0.05, 0.1) is 12.2 Å². The monoisotopic (exact) mass is 299 g/mol. The molecule has 22 heavy (non-hydrogen) atoms. The molecule has 2 rings (SSSR count). The molecule has 2 aromatic rings. The molecule has 0 amide bonds. The van der Waals surface area contributed by atoms with E-state index in [1.54, 1.807) is 0 Å². The number of hydrogen-bond donors (Lipinski definition) is 0.